The number of carboxylic acid groups (broad SMARTS) is 1. The third-order valence-electron chi connectivity index (χ3n) is 20.1. The van der Waals surface area contributed by atoms with Crippen LogP contribution < -0.4 is 5.32 Å². The molecular weight excluding hydrogens is 1380 g/mol. The number of Topliss-reactive ketones (excluding diaryl/α,β-unsaturated/α-hetero) is 1. The Morgan fingerprint density at radius 1 is 0.581 bits per heavy atom. The van der Waals surface area contributed by atoms with Gasteiger partial charge >= 0.3 is 11.9 Å². The van der Waals surface area contributed by atoms with Gasteiger partial charge in [-0.2, -0.15) is 0 Å². The molecule has 12 rings (SSSR count). The maximum atomic E-state index is 15.2. The van der Waals surface area contributed by atoms with Crippen LogP contribution in [0.4, 0.5) is 8.78 Å². The molecule has 0 radical (unpaired) electrons. The number of hydrogen-bond donors (Lipinski definition) is 10. The molecule has 0 bridgehead atoms. The summed E-state index contributed by atoms with van der Waals surface area (Å²) in [4.78, 5) is 56.8. The fourth-order valence-corrected chi connectivity index (χ4v) is 14.5. The highest BCUT2D eigenvalue weighted by atomic mass is 19.1. The molecule has 5 fully saturated rings. The number of halogens is 2. The summed E-state index contributed by atoms with van der Waals surface area (Å²) in [7, 11) is 0. The Hall–Kier alpha value is -8.36. The van der Waals surface area contributed by atoms with E-state index in [4.69, 9.17) is 37.9 Å². The van der Waals surface area contributed by atoms with E-state index in [0.717, 1.165) is 0 Å². The molecule has 4 aromatic carbocycles. The monoisotopic (exact) mass is 1460 g/mol. The van der Waals surface area contributed by atoms with E-state index >= 15 is 4.79 Å². The summed E-state index contributed by atoms with van der Waals surface area (Å²) in [6.07, 6.45) is -25.4. The molecule has 3 aromatic heterocycles. The first-order valence-electron chi connectivity index (χ1n) is 35.2. The summed E-state index contributed by atoms with van der Waals surface area (Å²) < 4.78 is 83.6. The summed E-state index contributed by atoms with van der Waals surface area (Å²) in [5.41, 5.74) is 2.29. The molecule has 24 atom stereocenters. The van der Waals surface area contributed by atoms with E-state index in [1.54, 1.807) is 80.7 Å². The number of nitrogens with zero attached hydrogens (tertiary/aromatic N) is 9. The number of amides is 1. The highest BCUT2D eigenvalue weighted by Crippen LogP contribution is 2.44. The number of aliphatic hydroxyl groups excluding tert-OH is 8. The van der Waals surface area contributed by atoms with E-state index < -0.39 is 183 Å². The summed E-state index contributed by atoms with van der Waals surface area (Å²) in [6.45, 7) is 3.91. The predicted octanol–water partition coefficient (Wildman–Crippen LogP) is 3.19. The van der Waals surface area contributed by atoms with Crippen molar-refractivity contribution in [2.75, 3.05) is 13.2 Å². The molecule has 105 heavy (non-hydrogen) atoms. The highest BCUT2D eigenvalue weighted by molar-refractivity contribution is 5.89. The van der Waals surface area contributed by atoms with Gasteiger partial charge in [0.2, 0.25) is 5.91 Å². The molecule has 3 aliphatic heterocycles. The number of carboxylic acids is 1. The zero-order chi connectivity index (χ0) is 74.3. The van der Waals surface area contributed by atoms with Gasteiger partial charge in [0.05, 0.1) is 67.3 Å². The largest absolute Gasteiger partial charge is 0.479 e. The number of carbonyl (C=O) groups is 4. The zero-order valence-electron chi connectivity index (χ0n) is 57.5. The number of aliphatic carboxylic acids is 1. The van der Waals surface area contributed by atoms with Gasteiger partial charge in [-0.15, -0.1) is 15.3 Å². The fourth-order valence-electron chi connectivity index (χ4n) is 14.5. The van der Waals surface area contributed by atoms with Crippen molar-refractivity contribution in [1.29, 1.82) is 0 Å². The standard InChI is InChI=1S/C72H86F2N10O21/c1-4-15-52(68(95)96)99-65-60(90)55(35-85)103-72(66(65)104-69(97)38-18-10-7-11-19-38)102-54-30-41(28-49(83-32-45(76-80-83)37-16-8-6-9-17-37)64(54)105-71-63(93)62(92)57(87)36(3)98-71)50(86)24-14-25-75-67(94)42-29-48(82-33-46(77-79-82)39-20-12-22-43(73)26-39)58(88)53(31-42)101-70-61(91)56(59(89)51(5-2)100-70)84-34-47(78-81-84)40-21-13-23-44(74)27-40/h6-13,16-23,26-27,32-34,36,41-42,48-49,51-66,70-72,85,87-93H,4-5,14-15,24-25,28-31,35H2,1-3H3,(H,75,94)(H,95,96)/t36?,41?,42-,48?,49+,51?,52-,53+,54+,55-,56+,57+,58?,59-,60-,61?,62-,63?,64?,65?,66?,70-,71-,72+/m0/s1. The van der Waals surface area contributed by atoms with E-state index in [1.807, 2.05) is 0 Å². The normalized spacial score (nSPS) is 32.4. The Balaban J connectivity index is 0.818. The smallest absolute Gasteiger partial charge is 0.338 e. The van der Waals surface area contributed by atoms with Crippen molar-refractivity contribution in [1.82, 2.24) is 50.3 Å². The van der Waals surface area contributed by atoms with Crippen molar-refractivity contribution in [3.8, 4) is 33.8 Å². The van der Waals surface area contributed by atoms with Crippen LogP contribution in [0.15, 0.2) is 128 Å². The van der Waals surface area contributed by atoms with Gasteiger partial charge in [-0.3, -0.25) is 9.59 Å². The second-order valence-electron chi connectivity index (χ2n) is 27.2. The minimum atomic E-state index is -1.89. The average Bonchev–Trinajstić information content (AvgIpc) is 1.61. The Morgan fingerprint density at radius 2 is 1.15 bits per heavy atom. The van der Waals surface area contributed by atoms with Gasteiger partial charge in [0.1, 0.15) is 102 Å². The molecule has 7 aromatic rings. The number of ketones is 1. The zero-order valence-corrected chi connectivity index (χ0v) is 57.5. The van der Waals surface area contributed by atoms with Crippen molar-refractivity contribution in [3.05, 3.63) is 145 Å². The Morgan fingerprint density at radius 3 is 1.78 bits per heavy atom. The first-order valence-corrected chi connectivity index (χ1v) is 35.2. The lowest BCUT2D eigenvalue weighted by atomic mass is 9.78. The summed E-state index contributed by atoms with van der Waals surface area (Å²) in [6, 6.07) is 24.5. The van der Waals surface area contributed by atoms with E-state index in [0.29, 0.717) is 28.8 Å². The molecular formula is C72H86F2N10O21. The van der Waals surface area contributed by atoms with Gasteiger partial charge in [-0.1, -0.05) is 109 Å². The second kappa shape index (κ2) is 34.0. The van der Waals surface area contributed by atoms with Crippen molar-refractivity contribution in [2.45, 2.75) is 213 Å². The minimum absolute atomic E-state index is 0.0257. The fraction of sp³-hybridized carbons (Fsp3) is 0.528. The first kappa shape index (κ1) is 76.3. The minimum Gasteiger partial charge on any atom is -0.479 e. The molecule has 564 valence electrons. The number of benzene rings is 4. The van der Waals surface area contributed by atoms with Crippen molar-refractivity contribution >= 4 is 23.6 Å². The highest BCUT2D eigenvalue weighted by Gasteiger charge is 2.56. The Bertz CT molecular complexity index is 4050. The van der Waals surface area contributed by atoms with Crippen molar-refractivity contribution < 1.29 is 112 Å². The molecule has 31 nitrogen and oxygen atoms in total. The van der Waals surface area contributed by atoms with Crippen LogP contribution in [0.25, 0.3) is 33.8 Å². The number of nitrogens with one attached hydrogen (secondary N) is 1. The van der Waals surface area contributed by atoms with Gasteiger partial charge in [-0.05, 0) is 88.3 Å². The Labute approximate surface area is 600 Å². The van der Waals surface area contributed by atoms with Crippen LogP contribution in [0.3, 0.4) is 0 Å². The maximum Gasteiger partial charge on any atom is 0.338 e. The summed E-state index contributed by atoms with van der Waals surface area (Å²) in [5, 5.41) is 131. The van der Waals surface area contributed by atoms with Crippen LogP contribution >= 0.6 is 0 Å². The van der Waals surface area contributed by atoms with Crippen LogP contribution in [-0.2, 0) is 52.3 Å². The maximum absolute atomic E-state index is 15.2. The molecule has 6 heterocycles. The molecule has 33 heteroatoms. The van der Waals surface area contributed by atoms with Gasteiger partial charge < -0.3 is 89.2 Å². The van der Waals surface area contributed by atoms with Crippen LogP contribution in [0.1, 0.15) is 107 Å². The molecule has 2 saturated carbocycles. The molecule has 10 N–H and O–H groups in total. The quantitative estimate of drug-likeness (QED) is 0.0261. The van der Waals surface area contributed by atoms with Crippen molar-refractivity contribution in [3.63, 3.8) is 0 Å². The Kier molecular flexibility index (Phi) is 24.7. The van der Waals surface area contributed by atoms with Gasteiger partial charge in [0.25, 0.3) is 0 Å². The van der Waals surface area contributed by atoms with E-state index in [1.165, 1.54) is 81.9 Å². The number of aliphatic hydroxyl groups is 8. The van der Waals surface area contributed by atoms with Crippen LogP contribution in [0.5, 0.6) is 0 Å². The number of ether oxygens (including phenoxy) is 8. The van der Waals surface area contributed by atoms with E-state index in [2.05, 4.69) is 36.3 Å². The van der Waals surface area contributed by atoms with Gasteiger partial charge in [0, 0.05) is 41.5 Å². The van der Waals surface area contributed by atoms with Crippen molar-refractivity contribution in [2.24, 2.45) is 11.8 Å². The van der Waals surface area contributed by atoms with Crippen LogP contribution in [0.2, 0.25) is 0 Å². The molecule has 5 aliphatic rings. The van der Waals surface area contributed by atoms with Gasteiger partial charge in [-0.25, -0.2) is 32.4 Å². The topological polar surface area (TPSA) is 428 Å². The summed E-state index contributed by atoms with van der Waals surface area (Å²) >= 11 is 0. The lowest BCUT2D eigenvalue weighted by Crippen LogP contribution is -2.64. The number of rotatable bonds is 27. The van der Waals surface area contributed by atoms with E-state index in [-0.39, 0.29) is 80.6 Å². The lowest BCUT2D eigenvalue weighted by molar-refractivity contribution is -0.348. The molecule has 2 aliphatic carbocycles. The second-order valence-corrected chi connectivity index (χ2v) is 27.2. The average molecular weight is 1470 g/mol. The number of carbonyl (C=O) groups excluding carboxylic acids is 3. The third-order valence-corrected chi connectivity index (χ3v) is 20.1. The lowest BCUT2D eigenvalue weighted by Gasteiger charge is -2.48. The molecule has 10 unspecified atom stereocenters. The SMILES string of the molecule is CCC[C@H](OC1C(OC(=O)c2ccccc2)[C@H](O[C@@H]2CC(C(=O)CCCNC(=O)[C@H]3CC(n4cc(-c5cccc(F)c5)nn4)C(O)[C@H](O[C@@H]4OC(CC)[C@H](O)[C@@H](n5cc(-c6cccc(F)c6)nn5)C4O)C3)C[C@@H](n3cc(-c4ccccc4)nn3)C2O[C@@H]2OC(C)[C@@H](O)[C@H](O)C2O)O[C@@H](CO)[C@@H]1O)C(=O)O. The van der Waals surface area contributed by atoms with Crippen LogP contribution in [-0.4, -0.2) is 244 Å². The number of aromatic nitrogens is 9. The number of esters is 1. The van der Waals surface area contributed by atoms with E-state index in [9.17, 15) is 69.1 Å². The molecule has 0 spiro atoms. The first-order chi connectivity index (χ1) is 50.6. The van der Waals surface area contributed by atoms with Crippen LogP contribution in [0, 0.1) is 23.5 Å². The molecule has 1 amide bonds. The molecule has 3 saturated heterocycles. The third kappa shape index (κ3) is 17.2. The van der Waals surface area contributed by atoms with Gasteiger partial charge in [0.15, 0.2) is 31.1 Å². The summed E-state index contributed by atoms with van der Waals surface area (Å²) in [5.74, 6) is -6.34. The number of hydrogen-bond acceptors (Lipinski definition) is 26. The predicted molar refractivity (Wildman–Crippen MR) is 359 cm³/mol.